The fraction of sp³-hybridized carbons (Fsp3) is 0.609. The molecule has 0 saturated carbocycles. The Morgan fingerprint density at radius 3 is 2.47 bits per heavy atom. The van der Waals surface area contributed by atoms with Gasteiger partial charge in [0.25, 0.3) is 0 Å². The molecule has 0 spiro atoms. The molecular formula is C23H32N2O5. The van der Waals surface area contributed by atoms with Crippen molar-refractivity contribution < 1.29 is 23.9 Å². The summed E-state index contributed by atoms with van der Waals surface area (Å²) in [7, 11) is 1.50. The van der Waals surface area contributed by atoms with Gasteiger partial charge in [-0.25, -0.2) is 0 Å². The molecule has 2 aliphatic rings. The fourth-order valence-corrected chi connectivity index (χ4v) is 4.55. The zero-order chi connectivity index (χ0) is 21.5. The Labute approximate surface area is 178 Å². The lowest BCUT2D eigenvalue weighted by Gasteiger charge is -2.40. The number of rotatable bonds is 6. The van der Waals surface area contributed by atoms with Crippen molar-refractivity contribution in [3.8, 4) is 0 Å². The molecule has 3 atom stereocenters. The van der Waals surface area contributed by atoms with Crippen LogP contribution in [0.5, 0.6) is 0 Å². The second-order valence-electron chi connectivity index (χ2n) is 8.15. The van der Waals surface area contributed by atoms with Crippen molar-refractivity contribution in [2.45, 2.75) is 32.1 Å². The van der Waals surface area contributed by atoms with Gasteiger partial charge in [0.2, 0.25) is 11.8 Å². The number of carbonyl (C=O) groups excluding carboxylic acids is 3. The Morgan fingerprint density at radius 2 is 1.77 bits per heavy atom. The molecule has 2 fully saturated rings. The number of benzene rings is 1. The van der Waals surface area contributed by atoms with Crippen molar-refractivity contribution in [1.82, 2.24) is 9.80 Å². The van der Waals surface area contributed by atoms with Crippen molar-refractivity contribution in [2.75, 3.05) is 46.5 Å². The van der Waals surface area contributed by atoms with Gasteiger partial charge in [0.15, 0.2) is 0 Å². The van der Waals surface area contributed by atoms with Crippen LogP contribution in [-0.2, 0) is 23.9 Å². The molecule has 1 aromatic rings. The lowest BCUT2D eigenvalue weighted by atomic mass is 9.83. The van der Waals surface area contributed by atoms with Crippen LogP contribution in [0.15, 0.2) is 30.3 Å². The van der Waals surface area contributed by atoms with Crippen molar-refractivity contribution in [2.24, 2.45) is 11.8 Å². The Balaban J connectivity index is 1.74. The Bertz CT molecular complexity index is 738. The number of methoxy groups -OCH3 is 1. The maximum Gasteiger partial charge on any atom is 0.310 e. The molecule has 3 rings (SSSR count). The van der Waals surface area contributed by atoms with E-state index in [0.29, 0.717) is 39.2 Å². The second-order valence-corrected chi connectivity index (χ2v) is 8.15. The standard InChI is InChI=1S/C23H32N2O5/c1-3-30-23(28)18-10-7-11-24(13-18)22(27)20-12-19(17-8-5-4-6-9-17)14-25(15-20)21(26)16-29-2/h4-6,8-9,18-20H,3,7,10-16H2,1-2H3. The van der Waals surface area contributed by atoms with Crippen molar-refractivity contribution in [1.29, 1.82) is 0 Å². The van der Waals surface area contributed by atoms with E-state index < -0.39 is 0 Å². The first-order chi connectivity index (χ1) is 14.5. The minimum atomic E-state index is -0.286. The first kappa shape index (κ1) is 22.3. The summed E-state index contributed by atoms with van der Waals surface area (Å²) in [6.45, 7) is 4.18. The summed E-state index contributed by atoms with van der Waals surface area (Å²) in [5.41, 5.74) is 1.13. The van der Waals surface area contributed by atoms with Crippen molar-refractivity contribution in [3.05, 3.63) is 35.9 Å². The van der Waals surface area contributed by atoms with Crippen LogP contribution in [0, 0.1) is 11.8 Å². The largest absolute Gasteiger partial charge is 0.466 e. The van der Waals surface area contributed by atoms with Crippen molar-refractivity contribution >= 4 is 17.8 Å². The molecule has 0 aliphatic carbocycles. The molecule has 3 unspecified atom stereocenters. The smallest absolute Gasteiger partial charge is 0.310 e. The van der Waals surface area contributed by atoms with Gasteiger partial charge >= 0.3 is 5.97 Å². The molecule has 0 bridgehead atoms. The molecule has 30 heavy (non-hydrogen) atoms. The highest BCUT2D eigenvalue weighted by Crippen LogP contribution is 2.32. The summed E-state index contributed by atoms with van der Waals surface area (Å²) in [5, 5.41) is 0. The molecule has 0 aromatic heterocycles. The zero-order valence-electron chi connectivity index (χ0n) is 17.9. The highest BCUT2D eigenvalue weighted by molar-refractivity contribution is 5.83. The van der Waals surface area contributed by atoms with E-state index >= 15 is 0 Å². The predicted molar refractivity (Wildman–Crippen MR) is 112 cm³/mol. The van der Waals surface area contributed by atoms with Gasteiger partial charge < -0.3 is 19.3 Å². The van der Waals surface area contributed by atoms with Crippen LogP contribution in [0.3, 0.4) is 0 Å². The number of amides is 2. The molecule has 1 aromatic carbocycles. The maximum atomic E-state index is 13.4. The van der Waals surface area contributed by atoms with Gasteiger partial charge in [-0.2, -0.15) is 0 Å². The minimum Gasteiger partial charge on any atom is -0.466 e. The molecule has 0 N–H and O–H groups in total. The molecular weight excluding hydrogens is 384 g/mol. The van der Waals surface area contributed by atoms with E-state index in [1.165, 1.54) is 7.11 Å². The van der Waals surface area contributed by atoms with E-state index in [1.807, 2.05) is 30.3 Å². The summed E-state index contributed by atoms with van der Waals surface area (Å²) in [6.07, 6.45) is 2.23. The number of piperidine rings is 2. The number of ether oxygens (including phenoxy) is 2. The van der Waals surface area contributed by atoms with Crippen LogP contribution in [0.2, 0.25) is 0 Å². The molecule has 0 radical (unpaired) electrons. The molecule has 2 heterocycles. The minimum absolute atomic E-state index is 0.0110. The van der Waals surface area contributed by atoms with Crippen LogP contribution in [0.25, 0.3) is 0 Å². The zero-order valence-corrected chi connectivity index (χ0v) is 17.9. The quantitative estimate of drug-likeness (QED) is 0.664. The van der Waals surface area contributed by atoms with Gasteiger partial charge in [-0.1, -0.05) is 30.3 Å². The molecule has 2 aliphatic heterocycles. The summed E-state index contributed by atoms with van der Waals surface area (Å²) < 4.78 is 10.2. The predicted octanol–water partition coefficient (Wildman–Crippen LogP) is 2.07. The van der Waals surface area contributed by atoms with E-state index in [-0.39, 0.29) is 42.1 Å². The van der Waals surface area contributed by atoms with Crippen molar-refractivity contribution in [3.63, 3.8) is 0 Å². The number of esters is 1. The molecule has 7 heteroatoms. The number of hydrogen-bond donors (Lipinski definition) is 0. The van der Waals surface area contributed by atoms with Crippen LogP contribution < -0.4 is 0 Å². The fourth-order valence-electron chi connectivity index (χ4n) is 4.55. The van der Waals surface area contributed by atoms with Crippen LogP contribution >= 0.6 is 0 Å². The van der Waals surface area contributed by atoms with Crippen LogP contribution in [0.1, 0.15) is 37.7 Å². The highest BCUT2D eigenvalue weighted by atomic mass is 16.5. The molecule has 7 nitrogen and oxygen atoms in total. The Hall–Kier alpha value is -2.41. The summed E-state index contributed by atoms with van der Waals surface area (Å²) in [4.78, 5) is 41.6. The third kappa shape index (κ3) is 5.39. The van der Waals surface area contributed by atoms with E-state index in [1.54, 1.807) is 16.7 Å². The first-order valence-electron chi connectivity index (χ1n) is 10.8. The van der Waals surface area contributed by atoms with E-state index in [2.05, 4.69) is 0 Å². The van der Waals surface area contributed by atoms with Gasteiger partial charge in [-0.05, 0) is 31.7 Å². The lowest BCUT2D eigenvalue weighted by Crippen LogP contribution is -2.52. The summed E-state index contributed by atoms with van der Waals surface area (Å²) in [5.74, 6) is -0.745. The summed E-state index contributed by atoms with van der Waals surface area (Å²) >= 11 is 0. The van der Waals surface area contributed by atoms with E-state index in [0.717, 1.165) is 18.4 Å². The van der Waals surface area contributed by atoms with E-state index in [9.17, 15) is 14.4 Å². The van der Waals surface area contributed by atoms with Crippen LogP contribution in [0.4, 0.5) is 0 Å². The van der Waals surface area contributed by atoms with Gasteiger partial charge in [-0.3, -0.25) is 14.4 Å². The maximum absolute atomic E-state index is 13.4. The Kier molecular flexibility index (Phi) is 7.85. The normalized spacial score (nSPS) is 24.4. The Morgan fingerprint density at radius 1 is 1.03 bits per heavy atom. The SMILES string of the molecule is CCOC(=O)C1CCCN(C(=O)C2CC(c3ccccc3)CN(C(=O)COC)C2)C1. The average molecular weight is 417 g/mol. The van der Waals surface area contributed by atoms with Gasteiger partial charge in [-0.15, -0.1) is 0 Å². The third-order valence-electron chi connectivity index (χ3n) is 6.04. The monoisotopic (exact) mass is 416 g/mol. The average Bonchev–Trinajstić information content (AvgIpc) is 2.79. The summed E-state index contributed by atoms with van der Waals surface area (Å²) in [6, 6.07) is 10.0. The molecule has 164 valence electrons. The number of hydrogen-bond acceptors (Lipinski definition) is 5. The number of likely N-dealkylation sites (tertiary alicyclic amines) is 2. The van der Waals surface area contributed by atoms with Crippen LogP contribution in [-0.4, -0.2) is 74.1 Å². The molecule has 2 amide bonds. The first-order valence-corrected chi connectivity index (χ1v) is 10.8. The van der Waals surface area contributed by atoms with E-state index in [4.69, 9.17) is 9.47 Å². The lowest BCUT2D eigenvalue weighted by molar-refractivity contribution is -0.152. The topological polar surface area (TPSA) is 76.2 Å². The van der Waals surface area contributed by atoms with Gasteiger partial charge in [0.1, 0.15) is 6.61 Å². The number of nitrogens with zero attached hydrogens (tertiary/aromatic N) is 2. The second kappa shape index (κ2) is 10.6. The highest BCUT2D eigenvalue weighted by Gasteiger charge is 2.38. The molecule has 2 saturated heterocycles. The van der Waals surface area contributed by atoms with Gasteiger partial charge in [0, 0.05) is 39.2 Å². The van der Waals surface area contributed by atoms with Gasteiger partial charge in [0.05, 0.1) is 18.4 Å². The third-order valence-corrected chi connectivity index (χ3v) is 6.04. The number of carbonyl (C=O) groups is 3.